The number of amides is 1. The van der Waals surface area contributed by atoms with Crippen LogP contribution in [0.25, 0.3) is 11.0 Å². The number of furan rings is 1. The van der Waals surface area contributed by atoms with Crippen molar-refractivity contribution in [3.63, 3.8) is 0 Å². The van der Waals surface area contributed by atoms with Gasteiger partial charge in [0.05, 0.1) is 12.2 Å². The Morgan fingerprint density at radius 2 is 2.00 bits per heavy atom. The predicted octanol–water partition coefficient (Wildman–Crippen LogP) is 3.59. The minimum absolute atomic E-state index is 0.0824. The summed E-state index contributed by atoms with van der Waals surface area (Å²) in [6.45, 7) is 9.41. The maximum Gasteiger partial charge on any atom is 0.290 e. The normalized spacial score (nSPS) is 26.8. The van der Waals surface area contributed by atoms with Gasteiger partial charge in [-0.3, -0.25) is 9.69 Å². The molecule has 0 radical (unpaired) electrons. The third-order valence-corrected chi connectivity index (χ3v) is 5.69. The first-order valence-electron chi connectivity index (χ1n) is 9.80. The molecule has 4 rings (SSSR count). The molecule has 27 heavy (non-hydrogen) atoms. The first-order valence-corrected chi connectivity index (χ1v) is 9.80. The third kappa shape index (κ3) is 3.60. The highest BCUT2D eigenvalue weighted by Gasteiger charge is 2.35. The second kappa shape index (κ2) is 7.24. The van der Waals surface area contributed by atoms with Crippen LogP contribution in [0.15, 0.2) is 22.6 Å². The van der Waals surface area contributed by atoms with Crippen molar-refractivity contribution < 1.29 is 18.3 Å². The smallest absolute Gasteiger partial charge is 0.290 e. The molecule has 2 aromatic rings. The Bertz CT molecular complexity index is 839. The van der Waals surface area contributed by atoms with E-state index in [4.69, 9.17) is 9.15 Å². The second-order valence-electron chi connectivity index (χ2n) is 7.97. The average molecular weight is 374 g/mol. The molecule has 1 amide bonds. The molecule has 0 N–H and O–H groups in total. The van der Waals surface area contributed by atoms with Crippen LogP contribution in [0.1, 0.15) is 42.8 Å². The number of aryl methyl sites for hydroxylation is 1. The number of likely N-dealkylation sites (tertiary alicyclic amines) is 1. The summed E-state index contributed by atoms with van der Waals surface area (Å²) >= 11 is 0. The number of hydrogen-bond donors (Lipinski definition) is 0. The molecular weight excluding hydrogens is 347 g/mol. The Morgan fingerprint density at radius 3 is 2.74 bits per heavy atom. The lowest BCUT2D eigenvalue weighted by Crippen LogP contribution is -2.50. The van der Waals surface area contributed by atoms with Crippen LogP contribution in [0, 0.1) is 12.7 Å². The van der Waals surface area contributed by atoms with Gasteiger partial charge in [0.25, 0.3) is 5.91 Å². The molecule has 6 heteroatoms. The van der Waals surface area contributed by atoms with E-state index in [9.17, 15) is 9.18 Å². The van der Waals surface area contributed by atoms with E-state index in [0.29, 0.717) is 22.3 Å². The summed E-state index contributed by atoms with van der Waals surface area (Å²) in [4.78, 5) is 17.5. The summed E-state index contributed by atoms with van der Waals surface area (Å²) in [6.07, 6.45) is 2.43. The highest BCUT2D eigenvalue weighted by Crippen LogP contribution is 2.29. The van der Waals surface area contributed by atoms with Crippen molar-refractivity contribution >= 4 is 16.9 Å². The molecule has 1 aromatic heterocycles. The van der Waals surface area contributed by atoms with Gasteiger partial charge < -0.3 is 14.1 Å². The Morgan fingerprint density at radius 1 is 1.26 bits per heavy atom. The maximum atomic E-state index is 13.6. The zero-order chi connectivity index (χ0) is 19.1. The van der Waals surface area contributed by atoms with Gasteiger partial charge in [-0.25, -0.2) is 4.39 Å². The zero-order valence-electron chi connectivity index (χ0n) is 16.2. The average Bonchev–Trinajstić information content (AvgIpc) is 3.18. The molecule has 0 bridgehead atoms. The molecule has 3 heterocycles. The zero-order valence-corrected chi connectivity index (χ0v) is 16.2. The number of morpholine rings is 1. The molecule has 0 spiro atoms. The van der Waals surface area contributed by atoms with E-state index in [2.05, 4.69) is 18.7 Å². The quantitative estimate of drug-likeness (QED) is 0.824. The summed E-state index contributed by atoms with van der Waals surface area (Å²) in [5.74, 6) is -0.0628. The summed E-state index contributed by atoms with van der Waals surface area (Å²) < 4.78 is 25.2. The SMILES string of the molecule is Cc1c(C(=O)N2CCC[C@@H]2CN2C[C@H](C)O[C@@H](C)C2)oc2ccc(F)cc12. The van der Waals surface area contributed by atoms with E-state index in [1.807, 2.05) is 11.8 Å². The number of ether oxygens (including phenoxy) is 1. The predicted molar refractivity (Wildman–Crippen MR) is 101 cm³/mol. The van der Waals surface area contributed by atoms with Gasteiger partial charge in [0.1, 0.15) is 11.4 Å². The summed E-state index contributed by atoms with van der Waals surface area (Å²) in [5.41, 5.74) is 1.28. The Kier molecular flexibility index (Phi) is 4.95. The molecule has 0 unspecified atom stereocenters. The lowest BCUT2D eigenvalue weighted by molar-refractivity contribution is -0.0715. The van der Waals surface area contributed by atoms with Gasteiger partial charge in [-0.05, 0) is 51.8 Å². The van der Waals surface area contributed by atoms with Gasteiger partial charge in [0, 0.05) is 43.2 Å². The number of hydrogen-bond acceptors (Lipinski definition) is 4. The van der Waals surface area contributed by atoms with Gasteiger partial charge in [0.2, 0.25) is 0 Å². The fourth-order valence-electron chi connectivity index (χ4n) is 4.55. The fourth-order valence-corrected chi connectivity index (χ4v) is 4.55. The molecule has 5 nitrogen and oxygen atoms in total. The van der Waals surface area contributed by atoms with Crippen LogP contribution in [0.5, 0.6) is 0 Å². The second-order valence-corrected chi connectivity index (χ2v) is 7.97. The van der Waals surface area contributed by atoms with E-state index in [0.717, 1.165) is 39.0 Å². The number of nitrogens with zero attached hydrogens (tertiary/aromatic N) is 2. The number of rotatable bonds is 3. The Hall–Kier alpha value is -1.92. The van der Waals surface area contributed by atoms with Gasteiger partial charge in [-0.15, -0.1) is 0 Å². The lowest BCUT2D eigenvalue weighted by Gasteiger charge is -2.38. The molecule has 1 aromatic carbocycles. The Balaban J connectivity index is 1.53. The van der Waals surface area contributed by atoms with Gasteiger partial charge in [0.15, 0.2) is 5.76 Å². The van der Waals surface area contributed by atoms with Crippen LogP contribution in [0.2, 0.25) is 0 Å². The van der Waals surface area contributed by atoms with Crippen molar-refractivity contribution in [3.05, 3.63) is 35.3 Å². The molecule has 3 atom stereocenters. The van der Waals surface area contributed by atoms with E-state index in [-0.39, 0.29) is 30.0 Å². The number of benzene rings is 1. The number of carbonyl (C=O) groups is 1. The minimum Gasteiger partial charge on any atom is -0.451 e. The van der Waals surface area contributed by atoms with Crippen LogP contribution in [0.4, 0.5) is 4.39 Å². The van der Waals surface area contributed by atoms with Gasteiger partial charge in [-0.1, -0.05) is 0 Å². The third-order valence-electron chi connectivity index (χ3n) is 5.69. The molecule has 0 aliphatic carbocycles. The molecule has 146 valence electrons. The van der Waals surface area contributed by atoms with E-state index < -0.39 is 0 Å². The summed E-state index contributed by atoms with van der Waals surface area (Å²) in [7, 11) is 0. The molecule has 2 aliphatic heterocycles. The number of halogens is 1. The number of fused-ring (bicyclic) bond motifs is 1. The Labute approximate surface area is 159 Å². The summed E-state index contributed by atoms with van der Waals surface area (Å²) in [6, 6.07) is 4.56. The van der Waals surface area contributed by atoms with Crippen LogP contribution in [-0.2, 0) is 4.74 Å². The van der Waals surface area contributed by atoms with Crippen molar-refractivity contribution in [2.24, 2.45) is 0 Å². The maximum absolute atomic E-state index is 13.6. The standard InChI is InChI=1S/C21H27FN2O3/c1-13-10-23(11-14(2)26-13)12-17-5-4-8-24(17)21(25)20-15(3)18-9-16(22)6-7-19(18)27-20/h6-7,9,13-14,17H,4-5,8,10-12H2,1-3H3/t13-,14-,17+/m0/s1. The molecule has 2 saturated heterocycles. The molecule has 2 fully saturated rings. The number of carbonyl (C=O) groups excluding carboxylic acids is 1. The van der Waals surface area contributed by atoms with E-state index in [1.54, 1.807) is 6.07 Å². The van der Waals surface area contributed by atoms with Crippen LogP contribution < -0.4 is 0 Å². The molecule has 0 saturated carbocycles. The van der Waals surface area contributed by atoms with Gasteiger partial charge >= 0.3 is 0 Å². The van der Waals surface area contributed by atoms with Crippen LogP contribution in [0.3, 0.4) is 0 Å². The van der Waals surface area contributed by atoms with Gasteiger partial charge in [-0.2, -0.15) is 0 Å². The first kappa shape index (κ1) is 18.4. The van der Waals surface area contributed by atoms with Crippen molar-refractivity contribution in [1.82, 2.24) is 9.80 Å². The minimum atomic E-state index is -0.319. The monoisotopic (exact) mass is 374 g/mol. The highest BCUT2D eigenvalue weighted by molar-refractivity contribution is 5.99. The van der Waals surface area contributed by atoms with Crippen molar-refractivity contribution in [2.45, 2.75) is 51.9 Å². The van der Waals surface area contributed by atoms with Crippen molar-refractivity contribution in [3.8, 4) is 0 Å². The molecular formula is C21H27FN2O3. The lowest BCUT2D eigenvalue weighted by atomic mass is 10.1. The van der Waals surface area contributed by atoms with E-state index in [1.165, 1.54) is 12.1 Å². The topological polar surface area (TPSA) is 45.9 Å². The highest BCUT2D eigenvalue weighted by atomic mass is 19.1. The van der Waals surface area contributed by atoms with Crippen LogP contribution in [-0.4, -0.2) is 60.1 Å². The molecule has 2 aliphatic rings. The van der Waals surface area contributed by atoms with Crippen molar-refractivity contribution in [2.75, 3.05) is 26.2 Å². The largest absolute Gasteiger partial charge is 0.451 e. The van der Waals surface area contributed by atoms with Crippen LogP contribution >= 0.6 is 0 Å². The van der Waals surface area contributed by atoms with E-state index >= 15 is 0 Å². The summed E-state index contributed by atoms with van der Waals surface area (Å²) in [5, 5.41) is 0.671. The first-order chi connectivity index (χ1) is 12.9. The fraction of sp³-hybridized carbons (Fsp3) is 0.571. The van der Waals surface area contributed by atoms with Crippen molar-refractivity contribution in [1.29, 1.82) is 0 Å².